The summed E-state index contributed by atoms with van der Waals surface area (Å²) < 4.78 is 11.2. The zero-order valence-electron chi connectivity index (χ0n) is 44.3. The largest absolute Gasteiger partial charge is 0.394 e. The van der Waals surface area contributed by atoms with Gasteiger partial charge in [-0.3, -0.25) is 4.79 Å². The Hall–Kier alpha value is -4.45. The molecule has 1 aliphatic rings. The van der Waals surface area contributed by atoms with Gasteiger partial charge in [0.05, 0.1) is 25.4 Å². The monoisotopic (exact) mass is 996 g/mol. The Labute approximate surface area is 437 Å². The maximum absolute atomic E-state index is 13.0. The van der Waals surface area contributed by atoms with Crippen LogP contribution >= 0.6 is 0 Å². The molecule has 0 aromatic rings. The third-order valence-corrected chi connectivity index (χ3v) is 11.5. The molecule has 0 saturated carbocycles. The van der Waals surface area contributed by atoms with Crippen molar-refractivity contribution in [2.45, 2.75) is 204 Å². The van der Waals surface area contributed by atoms with Gasteiger partial charge < -0.3 is 40.3 Å². The molecule has 1 aliphatic heterocycles. The van der Waals surface area contributed by atoms with E-state index in [-0.39, 0.29) is 18.9 Å². The first-order chi connectivity index (χ1) is 35.3. The highest BCUT2D eigenvalue weighted by atomic mass is 16.7. The summed E-state index contributed by atoms with van der Waals surface area (Å²) >= 11 is 0. The number of hydrogen-bond acceptors (Lipinski definition) is 8. The summed E-state index contributed by atoms with van der Waals surface area (Å²) in [6, 6.07) is -0.858. The lowest BCUT2D eigenvalue weighted by molar-refractivity contribution is -0.302. The lowest BCUT2D eigenvalue weighted by Crippen LogP contribution is -2.60. The standard InChI is InChI=1S/C63H97NO8/c1-3-5-7-9-11-13-15-17-18-19-20-21-22-23-24-25-26-27-28-29-30-31-32-33-34-35-36-37-38-39-40-41-43-45-47-49-51-53-59(67)64-56(55-71-63-62(70)61(69)60(68)58(54-65)72-63)57(66)52-50-48-46-44-42-16-14-12-10-8-6-4-2/h5,7,10-13,17-18,20-21,23-24,26-27,29-30,32-33,35-36,38-39,41-44,50,52,56-58,60-63,65-66,68-70H,3-4,6,8-9,14-16,19,22,25,28,31,34,37,40,45-49,51,53-55H2,1-2H3,(H,64,67)/b7-5-,12-10+,13-11-,18-17-,21-20-,24-23-,27-26-,30-29-,33-32-,36-35-,39-38-,43-41-,44-42+,52-50+. The number of amides is 1. The van der Waals surface area contributed by atoms with Crippen LogP contribution in [0.4, 0.5) is 0 Å². The molecule has 1 rings (SSSR count). The highest BCUT2D eigenvalue weighted by Gasteiger charge is 2.44. The van der Waals surface area contributed by atoms with E-state index in [2.05, 4.69) is 177 Å². The first-order valence-corrected chi connectivity index (χ1v) is 27.4. The Kier molecular flexibility index (Phi) is 45.6. The molecule has 1 heterocycles. The van der Waals surface area contributed by atoms with Crippen LogP contribution in [0.2, 0.25) is 0 Å². The van der Waals surface area contributed by atoms with Gasteiger partial charge in [-0.05, 0) is 122 Å². The third kappa shape index (κ3) is 39.1. The van der Waals surface area contributed by atoms with Crippen molar-refractivity contribution < 1.29 is 39.8 Å². The van der Waals surface area contributed by atoms with Crippen molar-refractivity contribution in [3.63, 3.8) is 0 Å². The average molecular weight is 996 g/mol. The number of allylic oxidation sites excluding steroid dienone is 27. The SMILES string of the molecule is CC/C=C\C/C=C\C/C=C\C/C=C\C/C=C\C/C=C\C/C=C\C/C=C\C/C=C\C/C=C\C/C=C\CCCCCC(=O)NC(COC1OC(CO)C(O)C(O)C1O)C(O)/C=C/CC/C=C/CC/C=C/CCCC. The van der Waals surface area contributed by atoms with E-state index < -0.39 is 49.5 Å². The van der Waals surface area contributed by atoms with Crippen LogP contribution < -0.4 is 5.32 Å². The second-order valence-electron chi connectivity index (χ2n) is 17.9. The maximum atomic E-state index is 13.0. The van der Waals surface area contributed by atoms with Gasteiger partial charge in [-0.2, -0.15) is 0 Å². The van der Waals surface area contributed by atoms with Crippen molar-refractivity contribution in [2.75, 3.05) is 13.2 Å². The highest BCUT2D eigenvalue weighted by molar-refractivity contribution is 5.76. The molecule has 1 fully saturated rings. The van der Waals surface area contributed by atoms with Crippen molar-refractivity contribution in [1.29, 1.82) is 0 Å². The van der Waals surface area contributed by atoms with Gasteiger partial charge in [0.25, 0.3) is 0 Å². The van der Waals surface area contributed by atoms with E-state index in [0.717, 1.165) is 116 Å². The molecule has 1 amide bonds. The molecule has 0 spiro atoms. The van der Waals surface area contributed by atoms with Gasteiger partial charge in [0.2, 0.25) is 5.91 Å². The summed E-state index contributed by atoms with van der Waals surface area (Å²) in [6.45, 7) is 3.53. The molecule has 402 valence electrons. The van der Waals surface area contributed by atoms with Crippen LogP contribution in [0.15, 0.2) is 170 Å². The van der Waals surface area contributed by atoms with E-state index in [4.69, 9.17) is 9.47 Å². The third-order valence-electron chi connectivity index (χ3n) is 11.5. The normalized spacial score (nSPS) is 20.6. The van der Waals surface area contributed by atoms with Crippen molar-refractivity contribution in [3.05, 3.63) is 170 Å². The molecular weight excluding hydrogens is 899 g/mol. The molecule has 0 aliphatic carbocycles. The molecule has 0 aromatic carbocycles. The van der Waals surface area contributed by atoms with Crippen LogP contribution in [0.3, 0.4) is 0 Å². The fourth-order valence-corrected chi connectivity index (χ4v) is 7.18. The van der Waals surface area contributed by atoms with Crippen LogP contribution in [0.1, 0.15) is 162 Å². The number of hydrogen-bond donors (Lipinski definition) is 6. The van der Waals surface area contributed by atoms with Crippen molar-refractivity contribution in [2.24, 2.45) is 0 Å². The zero-order chi connectivity index (χ0) is 52.2. The van der Waals surface area contributed by atoms with Crippen molar-refractivity contribution in [3.8, 4) is 0 Å². The second-order valence-corrected chi connectivity index (χ2v) is 17.9. The highest BCUT2D eigenvalue weighted by Crippen LogP contribution is 2.22. The van der Waals surface area contributed by atoms with E-state index in [1.807, 2.05) is 6.08 Å². The zero-order valence-corrected chi connectivity index (χ0v) is 44.3. The quantitative estimate of drug-likeness (QED) is 0.0261. The molecule has 0 aromatic heterocycles. The minimum atomic E-state index is -1.59. The van der Waals surface area contributed by atoms with Gasteiger partial charge in [0.15, 0.2) is 6.29 Å². The van der Waals surface area contributed by atoms with E-state index in [0.29, 0.717) is 12.8 Å². The molecule has 6 N–H and O–H groups in total. The Morgan fingerprint density at radius 3 is 1.31 bits per heavy atom. The van der Waals surface area contributed by atoms with Crippen molar-refractivity contribution >= 4 is 5.91 Å². The average Bonchev–Trinajstić information content (AvgIpc) is 3.38. The van der Waals surface area contributed by atoms with Gasteiger partial charge in [0.1, 0.15) is 24.4 Å². The number of unbranched alkanes of at least 4 members (excludes halogenated alkanes) is 7. The minimum Gasteiger partial charge on any atom is -0.394 e. The number of carbonyl (C=O) groups excluding carboxylic acids is 1. The molecule has 72 heavy (non-hydrogen) atoms. The lowest BCUT2D eigenvalue weighted by Gasteiger charge is -2.40. The van der Waals surface area contributed by atoms with E-state index in [9.17, 15) is 30.3 Å². The fraction of sp³-hybridized carbons (Fsp3) is 0.540. The second kappa shape index (κ2) is 50.1. The van der Waals surface area contributed by atoms with Gasteiger partial charge in [-0.25, -0.2) is 0 Å². The first-order valence-electron chi connectivity index (χ1n) is 27.4. The van der Waals surface area contributed by atoms with Crippen molar-refractivity contribution in [1.82, 2.24) is 5.32 Å². The minimum absolute atomic E-state index is 0.232. The lowest BCUT2D eigenvalue weighted by atomic mass is 9.99. The Balaban J connectivity index is 2.25. The number of aliphatic hydroxyl groups is 5. The molecule has 1 saturated heterocycles. The molecule has 9 nitrogen and oxygen atoms in total. The van der Waals surface area contributed by atoms with Crippen LogP contribution in [-0.4, -0.2) is 87.5 Å². The van der Waals surface area contributed by atoms with E-state index in [1.54, 1.807) is 6.08 Å². The summed E-state index contributed by atoms with van der Waals surface area (Å²) in [7, 11) is 0. The summed E-state index contributed by atoms with van der Waals surface area (Å²) in [5, 5.41) is 54.2. The number of nitrogens with one attached hydrogen (secondary N) is 1. The van der Waals surface area contributed by atoms with Crippen LogP contribution in [-0.2, 0) is 14.3 Å². The van der Waals surface area contributed by atoms with E-state index >= 15 is 0 Å². The Morgan fingerprint density at radius 2 is 0.875 bits per heavy atom. The number of carbonyl (C=O) groups is 1. The Bertz CT molecular complexity index is 1720. The molecule has 7 unspecified atom stereocenters. The summed E-state index contributed by atoms with van der Waals surface area (Å²) in [4.78, 5) is 13.0. The Morgan fingerprint density at radius 1 is 0.486 bits per heavy atom. The predicted molar refractivity (Wildman–Crippen MR) is 303 cm³/mol. The van der Waals surface area contributed by atoms with Gasteiger partial charge in [-0.15, -0.1) is 0 Å². The number of aliphatic hydroxyl groups excluding tert-OH is 5. The smallest absolute Gasteiger partial charge is 0.220 e. The number of rotatable bonds is 43. The maximum Gasteiger partial charge on any atom is 0.220 e. The molecule has 7 atom stereocenters. The van der Waals surface area contributed by atoms with Gasteiger partial charge in [-0.1, -0.05) is 203 Å². The molecule has 9 heteroatoms. The van der Waals surface area contributed by atoms with E-state index in [1.165, 1.54) is 12.8 Å². The van der Waals surface area contributed by atoms with Gasteiger partial charge >= 0.3 is 0 Å². The molecule has 0 radical (unpaired) electrons. The summed E-state index contributed by atoms with van der Waals surface area (Å²) in [5.74, 6) is -0.233. The van der Waals surface area contributed by atoms with Gasteiger partial charge in [0, 0.05) is 6.42 Å². The number of ether oxygens (including phenoxy) is 2. The molecular formula is C63H97NO8. The first kappa shape index (κ1) is 65.6. The summed E-state index contributed by atoms with van der Waals surface area (Å²) in [6.07, 6.45) is 74.2. The topological polar surface area (TPSA) is 149 Å². The fourth-order valence-electron chi connectivity index (χ4n) is 7.18. The predicted octanol–water partition coefficient (Wildman–Crippen LogP) is 13.4. The van der Waals surface area contributed by atoms with Crippen LogP contribution in [0.25, 0.3) is 0 Å². The molecule has 0 bridgehead atoms. The van der Waals surface area contributed by atoms with Crippen LogP contribution in [0, 0.1) is 0 Å². The summed E-state index contributed by atoms with van der Waals surface area (Å²) in [5.41, 5.74) is 0. The van der Waals surface area contributed by atoms with Crippen LogP contribution in [0.5, 0.6) is 0 Å².